The number of halogens is 1. The van der Waals surface area contributed by atoms with E-state index in [1.807, 2.05) is 6.07 Å². The molecule has 0 aromatic heterocycles. The average molecular weight is 229 g/mol. The van der Waals surface area contributed by atoms with Crippen LogP contribution < -0.4 is 0 Å². The van der Waals surface area contributed by atoms with E-state index < -0.39 is 0 Å². The van der Waals surface area contributed by atoms with Crippen molar-refractivity contribution in [2.24, 2.45) is 0 Å². The van der Waals surface area contributed by atoms with E-state index in [0.717, 1.165) is 22.0 Å². The zero-order chi connectivity index (χ0) is 8.55. The van der Waals surface area contributed by atoms with Crippen LogP contribution in [-0.2, 0) is 17.8 Å². The minimum absolute atomic E-state index is 0.377. The van der Waals surface area contributed by atoms with Gasteiger partial charge in [0.25, 0.3) is 0 Å². The summed E-state index contributed by atoms with van der Waals surface area (Å²) in [5.41, 5.74) is 2.12. The monoisotopic (exact) mass is 228 g/mol. The fraction of sp³-hybridized carbons (Fsp3) is 0.333. The molecule has 0 atom stereocenters. The minimum Gasteiger partial charge on any atom is -0.508 e. The molecule has 0 aliphatic carbocycles. The Bertz CT molecular complexity index is 310. The van der Waals surface area contributed by atoms with Gasteiger partial charge in [0.15, 0.2) is 0 Å². The van der Waals surface area contributed by atoms with Crippen LogP contribution in [0.15, 0.2) is 16.6 Å². The highest BCUT2D eigenvalue weighted by Gasteiger charge is 2.13. The van der Waals surface area contributed by atoms with Gasteiger partial charge in [-0.2, -0.15) is 0 Å². The molecule has 64 valence electrons. The van der Waals surface area contributed by atoms with Gasteiger partial charge in [-0.05, 0) is 24.1 Å². The summed E-state index contributed by atoms with van der Waals surface area (Å²) in [6.07, 6.45) is 0.814. The van der Waals surface area contributed by atoms with Gasteiger partial charge < -0.3 is 9.84 Å². The van der Waals surface area contributed by atoms with Gasteiger partial charge in [0.1, 0.15) is 5.75 Å². The number of rotatable bonds is 0. The first-order valence-electron chi connectivity index (χ1n) is 3.85. The second-order valence-corrected chi connectivity index (χ2v) is 3.78. The summed E-state index contributed by atoms with van der Waals surface area (Å²) in [5, 5.41) is 9.55. The molecule has 1 N–H and O–H groups in total. The molecule has 2 nitrogen and oxygen atoms in total. The third kappa shape index (κ3) is 1.34. The largest absolute Gasteiger partial charge is 0.508 e. The Morgan fingerprint density at radius 1 is 1.42 bits per heavy atom. The van der Waals surface area contributed by atoms with Crippen LogP contribution in [0.3, 0.4) is 0 Å². The van der Waals surface area contributed by atoms with Crippen LogP contribution >= 0.6 is 15.9 Å². The molecule has 12 heavy (non-hydrogen) atoms. The summed E-state index contributed by atoms with van der Waals surface area (Å²) in [4.78, 5) is 0. The van der Waals surface area contributed by atoms with E-state index in [1.54, 1.807) is 6.07 Å². The Kier molecular flexibility index (Phi) is 2.07. The molecule has 1 aliphatic heterocycles. The van der Waals surface area contributed by atoms with Gasteiger partial charge in [-0.3, -0.25) is 0 Å². The lowest BCUT2D eigenvalue weighted by Gasteiger charge is -2.17. The molecule has 1 aromatic rings. The Morgan fingerprint density at radius 2 is 2.25 bits per heavy atom. The van der Waals surface area contributed by atoms with E-state index in [2.05, 4.69) is 15.9 Å². The SMILES string of the molecule is Oc1cc(Br)cc2c1CCOC2. The molecule has 0 unspecified atom stereocenters. The van der Waals surface area contributed by atoms with E-state index in [0.29, 0.717) is 19.0 Å². The fourth-order valence-electron chi connectivity index (χ4n) is 1.45. The quantitative estimate of drug-likeness (QED) is 0.739. The first kappa shape index (κ1) is 8.08. The fourth-order valence-corrected chi connectivity index (χ4v) is 1.94. The predicted molar refractivity (Wildman–Crippen MR) is 49.2 cm³/mol. The molecule has 0 saturated heterocycles. The lowest BCUT2D eigenvalue weighted by atomic mass is 10.0. The molecule has 0 spiro atoms. The molecule has 2 rings (SSSR count). The summed E-state index contributed by atoms with van der Waals surface area (Å²) >= 11 is 3.33. The normalized spacial score (nSPS) is 15.8. The number of benzene rings is 1. The number of phenols is 1. The van der Waals surface area contributed by atoms with Crippen molar-refractivity contribution in [3.8, 4) is 5.75 Å². The van der Waals surface area contributed by atoms with Gasteiger partial charge in [0, 0.05) is 10.0 Å². The van der Waals surface area contributed by atoms with Crippen molar-refractivity contribution in [1.82, 2.24) is 0 Å². The van der Waals surface area contributed by atoms with Gasteiger partial charge >= 0.3 is 0 Å². The van der Waals surface area contributed by atoms with Crippen molar-refractivity contribution >= 4 is 15.9 Å². The van der Waals surface area contributed by atoms with Gasteiger partial charge in [0.05, 0.1) is 13.2 Å². The van der Waals surface area contributed by atoms with Crippen LogP contribution in [-0.4, -0.2) is 11.7 Å². The molecule has 0 bridgehead atoms. The molecule has 1 aliphatic rings. The van der Waals surface area contributed by atoms with Gasteiger partial charge in [-0.15, -0.1) is 0 Å². The van der Waals surface area contributed by atoms with E-state index in [1.165, 1.54) is 0 Å². The van der Waals surface area contributed by atoms with Crippen LogP contribution in [0.2, 0.25) is 0 Å². The predicted octanol–water partition coefficient (Wildman–Crippen LogP) is 2.23. The third-order valence-corrected chi connectivity index (χ3v) is 2.50. The molecule has 1 heterocycles. The maximum atomic E-state index is 9.55. The summed E-state index contributed by atoms with van der Waals surface area (Å²) in [5.74, 6) is 0.377. The topological polar surface area (TPSA) is 29.5 Å². The number of phenolic OH excluding ortho intramolecular Hbond substituents is 1. The summed E-state index contributed by atoms with van der Waals surface area (Å²) in [6.45, 7) is 1.32. The Morgan fingerprint density at radius 3 is 3.08 bits per heavy atom. The van der Waals surface area contributed by atoms with Crippen molar-refractivity contribution in [2.75, 3.05) is 6.61 Å². The molecule has 0 amide bonds. The van der Waals surface area contributed by atoms with Crippen LogP contribution in [0.5, 0.6) is 5.75 Å². The van der Waals surface area contributed by atoms with Crippen LogP contribution in [0.25, 0.3) is 0 Å². The number of fused-ring (bicyclic) bond motifs is 1. The molecule has 0 saturated carbocycles. The lowest BCUT2D eigenvalue weighted by Crippen LogP contribution is -2.09. The van der Waals surface area contributed by atoms with Crippen molar-refractivity contribution in [3.05, 3.63) is 27.7 Å². The first-order valence-corrected chi connectivity index (χ1v) is 4.64. The highest BCUT2D eigenvalue weighted by Crippen LogP contribution is 2.29. The van der Waals surface area contributed by atoms with Crippen LogP contribution in [0.1, 0.15) is 11.1 Å². The Labute approximate surface area is 79.3 Å². The zero-order valence-corrected chi connectivity index (χ0v) is 8.10. The number of hydrogen-bond acceptors (Lipinski definition) is 2. The maximum absolute atomic E-state index is 9.55. The van der Waals surface area contributed by atoms with Crippen molar-refractivity contribution in [2.45, 2.75) is 13.0 Å². The molecule has 0 radical (unpaired) electrons. The number of aromatic hydroxyl groups is 1. The van der Waals surface area contributed by atoms with Crippen molar-refractivity contribution in [3.63, 3.8) is 0 Å². The lowest BCUT2D eigenvalue weighted by molar-refractivity contribution is 0.109. The van der Waals surface area contributed by atoms with E-state index in [4.69, 9.17) is 4.74 Å². The molecular weight excluding hydrogens is 220 g/mol. The average Bonchev–Trinajstić information content (AvgIpc) is 2.04. The van der Waals surface area contributed by atoms with Crippen molar-refractivity contribution in [1.29, 1.82) is 0 Å². The standard InChI is InChI=1S/C9H9BrO2/c10-7-3-6-5-12-2-1-8(6)9(11)4-7/h3-4,11H,1-2,5H2. The van der Waals surface area contributed by atoms with E-state index in [-0.39, 0.29) is 0 Å². The second-order valence-electron chi connectivity index (χ2n) is 2.87. The van der Waals surface area contributed by atoms with Crippen LogP contribution in [0, 0.1) is 0 Å². The summed E-state index contributed by atoms with van der Waals surface area (Å²) < 4.78 is 6.18. The molecule has 1 aromatic carbocycles. The molecule has 0 fully saturated rings. The van der Waals surface area contributed by atoms with Gasteiger partial charge in [0.2, 0.25) is 0 Å². The first-order chi connectivity index (χ1) is 5.77. The maximum Gasteiger partial charge on any atom is 0.120 e. The summed E-state index contributed by atoms with van der Waals surface area (Å²) in [7, 11) is 0. The second kappa shape index (κ2) is 3.07. The van der Waals surface area contributed by atoms with Gasteiger partial charge in [-0.1, -0.05) is 15.9 Å². The number of hydrogen-bond donors (Lipinski definition) is 1. The van der Waals surface area contributed by atoms with Gasteiger partial charge in [-0.25, -0.2) is 0 Å². The van der Waals surface area contributed by atoms with E-state index in [9.17, 15) is 5.11 Å². The zero-order valence-electron chi connectivity index (χ0n) is 6.51. The smallest absolute Gasteiger partial charge is 0.120 e. The highest BCUT2D eigenvalue weighted by molar-refractivity contribution is 9.10. The minimum atomic E-state index is 0.377. The van der Waals surface area contributed by atoms with E-state index >= 15 is 0 Å². The molecule has 3 heteroatoms. The molecular formula is C9H9BrO2. The third-order valence-electron chi connectivity index (χ3n) is 2.04. The summed E-state index contributed by atoms with van der Waals surface area (Å²) in [6, 6.07) is 3.72. The Balaban J connectivity index is 2.53. The number of ether oxygens (including phenoxy) is 1. The van der Waals surface area contributed by atoms with Crippen molar-refractivity contribution < 1.29 is 9.84 Å². The highest BCUT2D eigenvalue weighted by atomic mass is 79.9. The van der Waals surface area contributed by atoms with Crippen LogP contribution in [0.4, 0.5) is 0 Å². The Hall–Kier alpha value is -0.540.